The molecule has 0 aliphatic carbocycles. The standard InChI is InChI=1S/C51H114BO3P3/c1-19-31-40-56(41-32-20-2,42-33-21-3,49(13,14)28-10)53-52(54-57(43-34-22-4,44-35-23-5,45-36-24-6)50(15,16)29-11)55-58(46-37-25-7,47-38-26-8,48-39-27-9)51(17,18)30-12/h19-48H2,1-18H3. The van der Waals surface area contributed by atoms with E-state index in [1.165, 1.54) is 171 Å². The van der Waals surface area contributed by atoms with Crippen molar-refractivity contribution in [2.75, 3.05) is 55.5 Å². The van der Waals surface area contributed by atoms with Gasteiger partial charge in [-0.3, -0.25) is 0 Å². The maximum absolute atomic E-state index is 8.86. The van der Waals surface area contributed by atoms with E-state index >= 15 is 0 Å². The van der Waals surface area contributed by atoms with E-state index in [1.54, 1.807) is 0 Å². The van der Waals surface area contributed by atoms with Crippen LogP contribution in [0.15, 0.2) is 0 Å². The van der Waals surface area contributed by atoms with Crippen LogP contribution in [0.3, 0.4) is 0 Å². The van der Waals surface area contributed by atoms with Crippen molar-refractivity contribution in [1.82, 2.24) is 0 Å². The Labute approximate surface area is 370 Å². The van der Waals surface area contributed by atoms with Crippen molar-refractivity contribution in [1.29, 1.82) is 0 Å². The molecule has 0 saturated heterocycles. The molecule has 0 aromatic rings. The molecule has 0 amide bonds. The predicted octanol–water partition coefficient (Wildman–Crippen LogP) is 19.2. The molecular formula is C51H114BO3P3. The van der Waals surface area contributed by atoms with Crippen molar-refractivity contribution in [3.05, 3.63) is 0 Å². The van der Waals surface area contributed by atoms with Crippen LogP contribution < -0.4 is 0 Å². The van der Waals surface area contributed by atoms with Gasteiger partial charge in [-0.15, -0.1) is 0 Å². The van der Waals surface area contributed by atoms with Crippen LogP contribution >= 0.6 is 20.5 Å². The Morgan fingerprint density at radius 1 is 0.276 bits per heavy atom. The Hall–Kier alpha value is 1.23. The summed E-state index contributed by atoms with van der Waals surface area (Å²) in [5.41, 5.74) is 0. The van der Waals surface area contributed by atoms with Crippen LogP contribution in [0.4, 0.5) is 0 Å². The van der Waals surface area contributed by atoms with Gasteiger partial charge in [-0.1, -0.05) is 0 Å². The van der Waals surface area contributed by atoms with E-state index in [4.69, 9.17) is 13.3 Å². The molecule has 354 valence electrons. The average molecular weight is 879 g/mol. The van der Waals surface area contributed by atoms with E-state index in [1.807, 2.05) is 0 Å². The van der Waals surface area contributed by atoms with Crippen LogP contribution in [0.25, 0.3) is 0 Å². The first-order chi connectivity index (χ1) is 27.2. The molecule has 0 aliphatic rings. The van der Waals surface area contributed by atoms with Gasteiger partial charge in [0.1, 0.15) is 0 Å². The van der Waals surface area contributed by atoms with Gasteiger partial charge in [0.2, 0.25) is 0 Å². The van der Waals surface area contributed by atoms with Crippen LogP contribution in [0.1, 0.15) is 259 Å². The first kappa shape index (κ1) is 59.2. The van der Waals surface area contributed by atoms with E-state index in [-0.39, 0.29) is 15.5 Å². The van der Waals surface area contributed by atoms with Gasteiger partial charge in [-0.25, -0.2) is 0 Å². The Morgan fingerprint density at radius 3 is 0.517 bits per heavy atom. The van der Waals surface area contributed by atoms with E-state index in [9.17, 15) is 0 Å². The van der Waals surface area contributed by atoms with Crippen LogP contribution in [-0.2, 0) is 13.3 Å². The summed E-state index contributed by atoms with van der Waals surface area (Å²) in [4.78, 5) is 0. The molecule has 0 aliphatic heterocycles. The normalized spacial score (nSPS) is 15.7. The van der Waals surface area contributed by atoms with Gasteiger partial charge in [0.05, 0.1) is 0 Å². The molecule has 0 atom stereocenters. The van der Waals surface area contributed by atoms with Crippen molar-refractivity contribution in [2.45, 2.75) is 275 Å². The summed E-state index contributed by atoms with van der Waals surface area (Å²) in [6.07, 6.45) is 36.4. The van der Waals surface area contributed by atoms with Gasteiger partial charge in [-0.2, -0.15) is 0 Å². The first-order valence-electron chi connectivity index (χ1n) is 26.3. The molecule has 0 aromatic carbocycles. The fraction of sp³-hybridized carbons (Fsp3) is 1.00. The molecule has 0 unspecified atom stereocenters. The Bertz CT molecular complexity index is 884. The molecule has 0 fully saturated rings. The van der Waals surface area contributed by atoms with Gasteiger partial charge >= 0.3 is 372 Å². The van der Waals surface area contributed by atoms with E-state index in [0.29, 0.717) is 0 Å². The van der Waals surface area contributed by atoms with Crippen molar-refractivity contribution in [3.63, 3.8) is 0 Å². The van der Waals surface area contributed by atoms with Crippen molar-refractivity contribution >= 4 is 27.8 Å². The van der Waals surface area contributed by atoms with E-state index < -0.39 is 27.8 Å². The second-order valence-corrected chi connectivity index (χ2v) is 39.7. The Morgan fingerprint density at radius 2 is 0.414 bits per heavy atom. The molecule has 0 heterocycles. The Balaban J connectivity index is 9.45. The third-order valence-electron chi connectivity index (χ3n) is 17.6. The third kappa shape index (κ3) is 12.9. The van der Waals surface area contributed by atoms with Gasteiger partial charge < -0.3 is 0 Å². The number of rotatable bonds is 39. The molecule has 0 bridgehead atoms. The molecule has 0 radical (unpaired) electrons. The van der Waals surface area contributed by atoms with Crippen LogP contribution in [0, 0.1) is 0 Å². The summed E-state index contributed by atoms with van der Waals surface area (Å²) in [5.74, 6) is 0. The number of unbranched alkanes of at least 4 members (excludes halogenated alkanes) is 9. The monoisotopic (exact) mass is 879 g/mol. The summed E-state index contributed by atoms with van der Waals surface area (Å²) in [5, 5.41) is 0.197. The van der Waals surface area contributed by atoms with Gasteiger partial charge in [0, 0.05) is 0 Å². The first-order valence-corrected chi connectivity index (χ1v) is 34.4. The van der Waals surface area contributed by atoms with Gasteiger partial charge in [0.25, 0.3) is 0 Å². The fourth-order valence-corrected chi connectivity index (χ4v) is 34.2. The van der Waals surface area contributed by atoms with Crippen LogP contribution in [0.5, 0.6) is 0 Å². The molecule has 0 rings (SSSR count). The summed E-state index contributed by atoms with van der Waals surface area (Å²) >= 11 is 0. The van der Waals surface area contributed by atoms with Crippen LogP contribution in [-0.4, -0.2) is 78.2 Å². The molecule has 0 aromatic heterocycles. The van der Waals surface area contributed by atoms with Crippen molar-refractivity contribution in [3.8, 4) is 0 Å². The van der Waals surface area contributed by atoms with Crippen LogP contribution in [0.2, 0.25) is 0 Å². The van der Waals surface area contributed by atoms with Crippen molar-refractivity contribution < 1.29 is 13.3 Å². The summed E-state index contributed by atoms with van der Waals surface area (Å²) in [7, 11) is -0.600. The molecule has 0 spiro atoms. The average Bonchev–Trinajstić information content (AvgIpc) is 3.22. The summed E-state index contributed by atoms with van der Waals surface area (Å²) in [6, 6.07) is 0. The van der Waals surface area contributed by atoms with Gasteiger partial charge in [0.15, 0.2) is 0 Å². The van der Waals surface area contributed by atoms with E-state index in [2.05, 4.69) is 125 Å². The molecule has 0 saturated carbocycles. The quantitative estimate of drug-likeness (QED) is 0.0455. The second kappa shape index (κ2) is 26.3. The van der Waals surface area contributed by atoms with Crippen molar-refractivity contribution in [2.24, 2.45) is 0 Å². The zero-order valence-corrected chi connectivity index (χ0v) is 46.5. The minimum atomic E-state index is -3.03. The minimum absolute atomic E-state index is 0.0655. The third-order valence-corrected chi connectivity index (χ3v) is 42.1. The zero-order valence-electron chi connectivity index (χ0n) is 43.9. The van der Waals surface area contributed by atoms with Gasteiger partial charge in [-0.05, 0) is 0 Å². The number of hydrogen-bond donors (Lipinski definition) is 0. The molecule has 7 heteroatoms. The number of hydrogen-bond acceptors (Lipinski definition) is 3. The molecular weight excluding hydrogens is 764 g/mol. The summed E-state index contributed by atoms with van der Waals surface area (Å²) in [6.45, 7) is 36.0. The molecule has 0 N–H and O–H groups in total. The summed E-state index contributed by atoms with van der Waals surface area (Å²) < 4.78 is 26.6. The second-order valence-electron chi connectivity index (χ2n) is 21.7. The predicted molar refractivity (Wildman–Crippen MR) is 281 cm³/mol. The fourth-order valence-electron chi connectivity index (χ4n) is 11.3. The zero-order chi connectivity index (χ0) is 44.8. The molecule has 3 nitrogen and oxygen atoms in total. The Kier molecular flexibility index (Phi) is 26.8. The SMILES string of the molecule is CCCCP(CCCC)(CCCC)(OB(OP(CCCC)(CCCC)(CCCC)C(C)(C)CC)OP(CCCC)(CCCC)(CCCC)C(C)(C)CC)C(C)(C)CC. The van der Waals surface area contributed by atoms with E-state index in [0.717, 1.165) is 19.3 Å². The topological polar surface area (TPSA) is 27.7 Å². The maximum atomic E-state index is 8.86. The molecule has 58 heavy (non-hydrogen) atoms.